The summed E-state index contributed by atoms with van der Waals surface area (Å²) < 4.78 is 10.8. The Bertz CT molecular complexity index is 879. The molecule has 1 heterocycles. The third kappa shape index (κ3) is 3.67. The maximum atomic E-state index is 13.2. The number of ether oxygens (including phenoxy) is 2. The van der Waals surface area contributed by atoms with Crippen LogP contribution in [0.2, 0.25) is 0 Å². The van der Waals surface area contributed by atoms with E-state index >= 15 is 0 Å². The Morgan fingerprint density at radius 1 is 1.14 bits per heavy atom. The van der Waals surface area contributed by atoms with Crippen molar-refractivity contribution in [1.82, 2.24) is 10.2 Å². The molecule has 1 atom stereocenters. The molecule has 1 N–H and O–H groups in total. The number of nitrogens with one attached hydrogen (secondary N) is 1. The highest BCUT2D eigenvalue weighted by Crippen LogP contribution is 2.33. The van der Waals surface area contributed by atoms with Crippen LogP contribution in [0.1, 0.15) is 36.6 Å². The van der Waals surface area contributed by atoms with Crippen molar-refractivity contribution in [2.75, 3.05) is 14.2 Å². The van der Waals surface area contributed by atoms with Gasteiger partial charge in [0.1, 0.15) is 6.04 Å². The summed E-state index contributed by atoms with van der Waals surface area (Å²) in [4.78, 5) is 27.5. The van der Waals surface area contributed by atoms with E-state index in [2.05, 4.69) is 5.32 Å². The number of carbonyl (C=O) groups excluding carboxylic acids is 2. The maximum Gasteiger partial charge on any atom is 0.247 e. The molecule has 0 saturated heterocycles. The first-order valence-corrected chi connectivity index (χ1v) is 9.34. The van der Waals surface area contributed by atoms with E-state index in [-0.39, 0.29) is 24.4 Å². The topological polar surface area (TPSA) is 67.9 Å². The Kier molecular flexibility index (Phi) is 5.87. The van der Waals surface area contributed by atoms with Crippen LogP contribution < -0.4 is 14.8 Å². The summed E-state index contributed by atoms with van der Waals surface area (Å²) in [5, 5.41) is 2.97. The quantitative estimate of drug-likeness (QED) is 0.834. The second kappa shape index (κ2) is 8.33. The molecule has 2 aromatic carbocycles. The van der Waals surface area contributed by atoms with E-state index in [0.29, 0.717) is 17.9 Å². The van der Waals surface area contributed by atoms with Crippen LogP contribution in [0.5, 0.6) is 11.5 Å². The summed E-state index contributed by atoms with van der Waals surface area (Å²) in [7, 11) is 3.14. The first kappa shape index (κ1) is 19.7. The second-order valence-corrected chi connectivity index (χ2v) is 7.04. The molecule has 0 saturated carbocycles. The van der Waals surface area contributed by atoms with Gasteiger partial charge in [-0.3, -0.25) is 9.59 Å². The standard InChI is InChI=1S/C22H26N2O4/c1-14(2)24-19(25)12-15-8-5-6-10-17(15)20(24)22(26)23-13-16-9-7-11-18(27-3)21(16)28-4/h5-11,14,20H,12-13H2,1-4H3,(H,23,26)/t20-/m1/s1. The van der Waals surface area contributed by atoms with Gasteiger partial charge in [-0.25, -0.2) is 0 Å². The fourth-order valence-corrected chi connectivity index (χ4v) is 3.74. The Morgan fingerprint density at radius 2 is 1.89 bits per heavy atom. The Balaban J connectivity index is 1.88. The lowest BCUT2D eigenvalue weighted by molar-refractivity contribution is -0.143. The average molecular weight is 382 g/mol. The molecule has 0 radical (unpaired) electrons. The highest BCUT2D eigenvalue weighted by atomic mass is 16.5. The van der Waals surface area contributed by atoms with Crippen LogP contribution in [0.4, 0.5) is 0 Å². The molecule has 3 rings (SSSR count). The molecule has 1 aliphatic rings. The molecule has 6 nitrogen and oxygen atoms in total. The van der Waals surface area contributed by atoms with Crippen LogP contribution in [0.3, 0.4) is 0 Å². The van der Waals surface area contributed by atoms with Crippen molar-refractivity contribution >= 4 is 11.8 Å². The van der Waals surface area contributed by atoms with Gasteiger partial charge in [-0.15, -0.1) is 0 Å². The molecule has 0 aliphatic carbocycles. The van der Waals surface area contributed by atoms with E-state index in [9.17, 15) is 9.59 Å². The van der Waals surface area contributed by atoms with Crippen molar-refractivity contribution in [3.8, 4) is 11.5 Å². The zero-order chi connectivity index (χ0) is 20.3. The SMILES string of the molecule is COc1cccc(CNC(=O)[C@H]2c3ccccc3CC(=O)N2C(C)C)c1OC. The molecular formula is C22H26N2O4. The average Bonchev–Trinajstić information content (AvgIpc) is 2.70. The summed E-state index contributed by atoms with van der Waals surface area (Å²) in [6.07, 6.45) is 0.321. The van der Waals surface area contributed by atoms with Gasteiger partial charge in [0.05, 0.1) is 20.6 Å². The zero-order valence-corrected chi connectivity index (χ0v) is 16.7. The van der Waals surface area contributed by atoms with Crippen LogP contribution in [0.25, 0.3) is 0 Å². The van der Waals surface area contributed by atoms with Gasteiger partial charge in [-0.2, -0.15) is 0 Å². The fraction of sp³-hybridized carbons (Fsp3) is 0.364. The molecule has 28 heavy (non-hydrogen) atoms. The van der Waals surface area contributed by atoms with Crippen molar-refractivity contribution in [2.45, 2.75) is 38.9 Å². The van der Waals surface area contributed by atoms with Gasteiger partial charge in [0.25, 0.3) is 0 Å². The zero-order valence-electron chi connectivity index (χ0n) is 16.7. The summed E-state index contributed by atoms with van der Waals surface area (Å²) in [6, 6.07) is 12.4. The summed E-state index contributed by atoms with van der Waals surface area (Å²) in [5.41, 5.74) is 2.59. The van der Waals surface area contributed by atoms with E-state index < -0.39 is 6.04 Å². The van der Waals surface area contributed by atoms with Crippen LogP contribution in [-0.4, -0.2) is 37.0 Å². The molecule has 1 aliphatic heterocycles. The summed E-state index contributed by atoms with van der Waals surface area (Å²) in [6.45, 7) is 4.13. The van der Waals surface area contributed by atoms with Gasteiger partial charge in [0.15, 0.2) is 11.5 Å². The number of benzene rings is 2. The Labute approximate surface area is 165 Å². The predicted octanol–water partition coefficient (Wildman–Crippen LogP) is 2.85. The number of para-hydroxylation sites is 1. The molecule has 0 aromatic heterocycles. The molecule has 0 unspecified atom stereocenters. The molecule has 2 amide bonds. The Morgan fingerprint density at radius 3 is 2.57 bits per heavy atom. The van der Waals surface area contributed by atoms with Crippen LogP contribution in [-0.2, 0) is 22.6 Å². The molecule has 0 spiro atoms. The number of rotatable bonds is 6. The normalized spacial score (nSPS) is 16.0. The fourth-order valence-electron chi connectivity index (χ4n) is 3.74. The number of methoxy groups -OCH3 is 2. The highest BCUT2D eigenvalue weighted by molar-refractivity contribution is 5.92. The van der Waals surface area contributed by atoms with Crippen molar-refractivity contribution in [1.29, 1.82) is 0 Å². The lowest BCUT2D eigenvalue weighted by Crippen LogP contribution is -2.50. The summed E-state index contributed by atoms with van der Waals surface area (Å²) in [5.74, 6) is 0.953. The van der Waals surface area contributed by atoms with Gasteiger partial charge >= 0.3 is 0 Å². The Hall–Kier alpha value is -3.02. The van der Waals surface area contributed by atoms with Crippen molar-refractivity contribution in [3.05, 3.63) is 59.2 Å². The third-order valence-electron chi connectivity index (χ3n) is 5.00. The number of hydrogen-bond donors (Lipinski definition) is 1. The smallest absolute Gasteiger partial charge is 0.247 e. The molecule has 6 heteroatoms. The van der Waals surface area contributed by atoms with Crippen molar-refractivity contribution in [2.24, 2.45) is 0 Å². The van der Waals surface area contributed by atoms with Crippen molar-refractivity contribution in [3.63, 3.8) is 0 Å². The number of fused-ring (bicyclic) bond motifs is 1. The van der Waals surface area contributed by atoms with E-state index in [4.69, 9.17) is 9.47 Å². The minimum Gasteiger partial charge on any atom is -0.493 e. The number of nitrogens with zero attached hydrogens (tertiary/aromatic N) is 1. The predicted molar refractivity (Wildman–Crippen MR) is 106 cm³/mol. The van der Waals surface area contributed by atoms with Gasteiger partial charge in [0, 0.05) is 18.2 Å². The lowest BCUT2D eigenvalue weighted by atomic mass is 9.90. The molecule has 148 valence electrons. The number of amides is 2. The van der Waals surface area contributed by atoms with Gasteiger partial charge in [-0.1, -0.05) is 36.4 Å². The van der Waals surface area contributed by atoms with E-state index in [0.717, 1.165) is 16.7 Å². The first-order valence-electron chi connectivity index (χ1n) is 9.34. The van der Waals surface area contributed by atoms with E-state index in [1.54, 1.807) is 25.2 Å². The second-order valence-electron chi connectivity index (χ2n) is 7.04. The first-order chi connectivity index (χ1) is 13.5. The highest BCUT2D eigenvalue weighted by Gasteiger charge is 2.38. The monoisotopic (exact) mass is 382 g/mol. The minimum atomic E-state index is -0.644. The van der Waals surface area contributed by atoms with Gasteiger partial charge in [0.2, 0.25) is 11.8 Å². The lowest BCUT2D eigenvalue weighted by Gasteiger charge is -2.39. The molecular weight excluding hydrogens is 356 g/mol. The minimum absolute atomic E-state index is 0.0344. The van der Waals surface area contributed by atoms with Crippen LogP contribution in [0.15, 0.2) is 42.5 Å². The van der Waals surface area contributed by atoms with Crippen LogP contribution >= 0.6 is 0 Å². The van der Waals surface area contributed by atoms with Gasteiger partial charge < -0.3 is 19.7 Å². The van der Waals surface area contributed by atoms with E-state index in [1.807, 2.05) is 50.2 Å². The summed E-state index contributed by atoms with van der Waals surface area (Å²) >= 11 is 0. The van der Waals surface area contributed by atoms with Gasteiger partial charge in [-0.05, 0) is 31.0 Å². The van der Waals surface area contributed by atoms with E-state index in [1.165, 1.54) is 0 Å². The van der Waals surface area contributed by atoms with Crippen LogP contribution in [0, 0.1) is 0 Å². The molecule has 0 fully saturated rings. The third-order valence-corrected chi connectivity index (χ3v) is 5.00. The number of carbonyl (C=O) groups is 2. The molecule has 2 aromatic rings. The van der Waals surface area contributed by atoms with Crippen molar-refractivity contribution < 1.29 is 19.1 Å². The maximum absolute atomic E-state index is 13.2. The molecule has 0 bridgehead atoms. The largest absolute Gasteiger partial charge is 0.493 e. The number of hydrogen-bond acceptors (Lipinski definition) is 4.